The van der Waals surface area contributed by atoms with E-state index in [-0.39, 0.29) is 29.8 Å². The molecule has 0 fully saturated rings. The molecule has 0 bridgehead atoms. The summed E-state index contributed by atoms with van der Waals surface area (Å²) in [6.07, 6.45) is 3.92. The largest absolute Gasteiger partial charge is 0.485 e. The van der Waals surface area contributed by atoms with E-state index in [9.17, 15) is 27.5 Å². The molecule has 2 heterocycles. The van der Waals surface area contributed by atoms with Gasteiger partial charge in [0.15, 0.2) is 34.7 Å². The molecule has 2 aromatic heterocycles. The van der Waals surface area contributed by atoms with E-state index in [1.165, 1.54) is 16.5 Å². The van der Waals surface area contributed by atoms with Gasteiger partial charge in [0.05, 0.1) is 23.9 Å². The average Bonchev–Trinajstić information content (AvgIpc) is 3.11. The SMILES string of the molecule is CCCCC(CO)NC(=O)c1c(C)nc2c(OCc3c(F)c(F)cc(F)c3F)cccn12. The maximum Gasteiger partial charge on any atom is 0.270 e. The van der Waals surface area contributed by atoms with E-state index in [1.54, 1.807) is 13.1 Å². The maximum atomic E-state index is 13.9. The van der Waals surface area contributed by atoms with E-state index < -0.39 is 47.4 Å². The summed E-state index contributed by atoms with van der Waals surface area (Å²) in [5.41, 5.74) is -0.149. The van der Waals surface area contributed by atoms with Crippen molar-refractivity contribution in [2.24, 2.45) is 0 Å². The number of hydrogen-bond donors (Lipinski definition) is 2. The fourth-order valence-corrected chi connectivity index (χ4v) is 3.35. The molecule has 0 radical (unpaired) electrons. The molecular formula is C22H23F4N3O3. The van der Waals surface area contributed by atoms with E-state index in [2.05, 4.69) is 10.3 Å². The Balaban J connectivity index is 1.88. The Kier molecular flexibility index (Phi) is 7.34. The van der Waals surface area contributed by atoms with Gasteiger partial charge in [-0.15, -0.1) is 0 Å². The highest BCUT2D eigenvalue weighted by Crippen LogP contribution is 2.25. The number of benzene rings is 1. The lowest BCUT2D eigenvalue weighted by Crippen LogP contribution is -2.38. The van der Waals surface area contributed by atoms with E-state index in [0.29, 0.717) is 12.1 Å². The van der Waals surface area contributed by atoms with Crippen molar-refractivity contribution in [3.05, 3.63) is 64.6 Å². The molecule has 0 saturated carbocycles. The van der Waals surface area contributed by atoms with Gasteiger partial charge >= 0.3 is 0 Å². The normalized spacial score (nSPS) is 12.2. The molecular weight excluding hydrogens is 430 g/mol. The van der Waals surface area contributed by atoms with Gasteiger partial charge in [-0.3, -0.25) is 9.20 Å². The first-order chi connectivity index (χ1) is 15.3. The van der Waals surface area contributed by atoms with Crippen molar-refractivity contribution in [1.29, 1.82) is 0 Å². The fraction of sp³-hybridized carbons (Fsp3) is 0.364. The zero-order chi connectivity index (χ0) is 23.4. The zero-order valence-corrected chi connectivity index (χ0v) is 17.6. The molecule has 3 aromatic rings. The first-order valence-corrected chi connectivity index (χ1v) is 10.1. The summed E-state index contributed by atoms with van der Waals surface area (Å²) in [4.78, 5) is 17.1. The molecule has 0 spiro atoms. The highest BCUT2D eigenvalue weighted by Gasteiger charge is 2.23. The van der Waals surface area contributed by atoms with Crippen LogP contribution in [0.3, 0.4) is 0 Å². The maximum absolute atomic E-state index is 13.9. The van der Waals surface area contributed by atoms with Gasteiger partial charge < -0.3 is 15.2 Å². The number of rotatable bonds is 9. The Morgan fingerprint density at radius 2 is 1.94 bits per heavy atom. The number of nitrogens with zero attached hydrogens (tertiary/aromatic N) is 2. The van der Waals surface area contributed by atoms with Crippen LogP contribution in [0.15, 0.2) is 24.4 Å². The van der Waals surface area contributed by atoms with E-state index >= 15 is 0 Å². The van der Waals surface area contributed by atoms with Crippen LogP contribution in [0.1, 0.15) is 47.9 Å². The zero-order valence-electron chi connectivity index (χ0n) is 17.6. The number of imidazole rings is 1. The van der Waals surface area contributed by atoms with Gasteiger partial charge in [0.25, 0.3) is 5.91 Å². The highest BCUT2D eigenvalue weighted by atomic mass is 19.2. The summed E-state index contributed by atoms with van der Waals surface area (Å²) < 4.78 is 61.6. The van der Waals surface area contributed by atoms with Crippen LogP contribution in [0, 0.1) is 30.2 Å². The molecule has 6 nitrogen and oxygen atoms in total. The van der Waals surface area contributed by atoms with Crippen LogP contribution in [-0.2, 0) is 6.61 Å². The molecule has 1 atom stereocenters. The van der Waals surface area contributed by atoms with Crippen molar-refractivity contribution in [3.8, 4) is 5.75 Å². The van der Waals surface area contributed by atoms with Gasteiger partial charge in [0.2, 0.25) is 0 Å². The molecule has 0 saturated heterocycles. The van der Waals surface area contributed by atoms with Gasteiger partial charge in [-0.05, 0) is 25.5 Å². The number of aliphatic hydroxyl groups excluding tert-OH is 1. The number of halogens is 4. The van der Waals surface area contributed by atoms with Crippen LogP contribution in [0.2, 0.25) is 0 Å². The Labute approximate surface area is 181 Å². The summed E-state index contributed by atoms with van der Waals surface area (Å²) >= 11 is 0. The first kappa shape index (κ1) is 23.5. The van der Waals surface area contributed by atoms with Gasteiger partial charge in [-0.25, -0.2) is 22.5 Å². The minimum atomic E-state index is -1.54. The van der Waals surface area contributed by atoms with Crippen molar-refractivity contribution in [1.82, 2.24) is 14.7 Å². The van der Waals surface area contributed by atoms with Crippen LogP contribution in [0.5, 0.6) is 5.75 Å². The Hall–Kier alpha value is -3.14. The van der Waals surface area contributed by atoms with E-state index in [0.717, 1.165) is 12.8 Å². The third-order valence-corrected chi connectivity index (χ3v) is 5.04. The van der Waals surface area contributed by atoms with Gasteiger partial charge in [-0.2, -0.15) is 0 Å². The number of pyridine rings is 1. The number of unbranched alkanes of at least 4 members (excludes halogenated alkanes) is 1. The second-order valence-corrected chi connectivity index (χ2v) is 7.34. The fourth-order valence-electron chi connectivity index (χ4n) is 3.35. The highest BCUT2D eigenvalue weighted by molar-refractivity contribution is 5.95. The minimum absolute atomic E-state index is 0.0582. The number of ether oxygens (including phenoxy) is 1. The van der Waals surface area contributed by atoms with Crippen LogP contribution in [0.25, 0.3) is 5.65 Å². The molecule has 3 rings (SSSR count). The number of hydrogen-bond acceptors (Lipinski definition) is 4. The van der Waals surface area contributed by atoms with Crippen LogP contribution in [0.4, 0.5) is 17.6 Å². The predicted molar refractivity (Wildman–Crippen MR) is 108 cm³/mol. The number of fused-ring (bicyclic) bond motifs is 1. The molecule has 10 heteroatoms. The summed E-state index contributed by atoms with van der Waals surface area (Å²) in [5.74, 6) is -6.54. The monoisotopic (exact) mass is 453 g/mol. The molecule has 0 aliphatic heterocycles. The molecule has 1 aromatic carbocycles. The standard InChI is InChI=1S/C22H23F4N3O3/c1-3-4-6-13(10-30)28-22(31)20-12(2)27-21-17(7-5-8-29(20)21)32-11-14-18(25)15(23)9-16(24)19(14)26/h5,7-9,13,30H,3-4,6,10-11H2,1-2H3,(H,28,31). The average molecular weight is 453 g/mol. The topological polar surface area (TPSA) is 75.9 Å². The molecule has 1 amide bonds. The number of aliphatic hydroxyl groups is 1. The van der Waals surface area contributed by atoms with Crippen molar-refractivity contribution in [2.75, 3.05) is 6.61 Å². The lowest BCUT2D eigenvalue weighted by Gasteiger charge is -2.16. The second-order valence-electron chi connectivity index (χ2n) is 7.34. The summed E-state index contributed by atoms with van der Waals surface area (Å²) in [7, 11) is 0. The molecule has 32 heavy (non-hydrogen) atoms. The predicted octanol–water partition coefficient (Wildman–Crippen LogP) is 4.06. The van der Waals surface area contributed by atoms with Crippen molar-refractivity contribution < 1.29 is 32.2 Å². The van der Waals surface area contributed by atoms with Crippen molar-refractivity contribution in [2.45, 2.75) is 45.8 Å². The van der Waals surface area contributed by atoms with E-state index in [4.69, 9.17) is 4.74 Å². The summed E-state index contributed by atoms with van der Waals surface area (Å²) in [5, 5.41) is 12.3. The number of carbonyl (C=O) groups excluding carboxylic acids is 1. The minimum Gasteiger partial charge on any atom is -0.485 e. The number of nitrogens with one attached hydrogen (secondary N) is 1. The van der Waals surface area contributed by atoms with Gasteiger partial charge in [0.1, 0.15) is 12.3 Å². The van der Waals surface area contributed by atoms with E-state index in [1.807, 2.05) is 6.92 Å². The van der Waals surface area contributed by atoms with Crippen molar-refractivity contribution in [3.63, 3.8) is 0 Å². The lowest BCUT2D eigenvalue weighted by molar-refractivity contribution is 0.0905. The summed E-state index contributed by atoms with van der Waals surface area (Å²) in [6.45, 7) is 2.61. The number of aromatic nitrogens is 2. The third kappa shape index (κ3) is 4.69. The number of aryl methyl sites for hydroxylation is 1. The molecule has 0 aliphatic rings. The van der Waals surface area contributed by atoms with Crippen LogP contribution >= 0.6 is 0 Å². The second kappa shape index (κ2) is 9.99. The molecule has 172 valence electrons. The van der Waals surface area contributed by atoms with Gasteiger partial charge in [0, 0.05) is 12.3 Å². The van der Waals surface area contributed by atoms with Gasteiger partial charge in [-0.1, -0.05) is 19.8 Å². The number of carbonyl (C=O) groups is 1. The lowest BCUT2D eigenvalue weighted by atomic mass is 10.1. The molecule has 0 aliphatic carbocycles. The number of amides is 1. The first-order valence-electron chi connectivity index (χ1n) is 10.1. The van der Waals surface area contributed by atoms with Crippen molar-refractivity contribution >= 4 is 11.6 Å². The Morgan fingerprint density at radius 3 is 2.56 bits per heavy atom. The molecule has 2 N–H and O–H groups in total. The summed E-state index contributed by atoms with van der Waals surface area (Å²) in [6, 6.07) is 2.69. The quantitative estimate of drug-likeness (QED) is 0.379. The van der Waals surface area contributed by atoms with Crippen LogP contribution < -0.4 is 10.1 Å². The van der Waals surface area contributed by atoms with Crippen LogP contribution in [-0.4, -0.2) is 33.0 Å². The third-order valence-electron chi connectivity index (χ3n) is 5.04. The Morgan fingerprint density at radius 1 is 1.25 bits per heavy atom. The smallest absolute Gasteiger partial charge is 0.270 e. The Bertz CT molecular complexity index is 1110. The molecule has 1 unspecified atom stereocenters.